The lowest BCUT2D eigenvalue weighted by Crippen LogP contribution is -2.34. The fourth-order valence-electron chi connectivity index (χ4n) is 2.74. The van der Waals surface area contributed by atoms with Gasteiger partial charge in [0.2, 0.25) is 0 Å². The van der Waals surface area contributed by atoms with E-state index in [1.807, 2.05) is 4.68 Å². The number of carbonyl (C=O) groups is 1. The van der Waals surface area contributed by atoms with Crippen LogP contribution in [-0.4, -0.2) is 53.2 Å². The van der Waals surface area contributed by atoms with Crippen LogP contribution in [0.4, 0.5) is 0 Å². The summed E-state index contributed by atoms with van der Waals surface area (Å²) in [6, 6.07) is 0. The lowest BCUT2D eigenvalue weighted by molar-refractivity contribution is -0.119. The van der Waals surface area contributed by atoms with E-state index in [1.165, 1.54) is 0 Å². The Labute approximate surface area is 135 Å². The largest absolute Gasteiger partial charge is 0.315 e. The third-order valence-electron chi connectivity index (χ3n) is 3.89. The number of aromatic nitrogens is 2. The number of hydrogen-bond donors (Lipinski definition) is 1. The van der Waals surface area contributed by atoms with Crippen molar-refractivity contribution in [2.24, 2.45) is 0 Å². The molecule has 0 saturated carbocycles. The Morgan fingerprint density at radius 1 is 1.33 bits per heavy atom. The van der Waals surface area contributed by atoms with E-state index < -0.39 is 0 Å². The molecule has 1 aliphatic rings. The van der Waals surface area contributed by atoms with Gasteiger partial charge in [-0.05, 0) is 48.8 Å². The minimum atomic E-state index is 0.273. The summed E-state index contributed by atoms with van der Waals surface area (Å²) in [5.74, 6) is 0.273. The van der Waals surface area contributed by atoms with Gasteiger partial charge in [-0.2, -0.15) is 5.10 Å². The van der Waals surface area contributed by atoms with Crippen LogP contribution in [0.5, 0.6) is 0 Å². The molecule has 0 amide bonds. The van der Waals surface area contributed by atoms with E-state index in [1.54, 1.807) is 0 Å². The van der Waals surface area contributed by atoms with Gasteiger partial charge >= 0.3 is 0 Å². The standard InChI is InChI=1S/C15H25BrN4O/c1-3-13-15(16)14(20(4-2)18-13)10-12(21)11-19-8-5-6-17-7-9-19/h17H,3-11H2,1-2H3. The van der Waals surface area contributed by atoms with Crippen molar-refractivity contribution in [1.29, 1.82) is 0 Å². The highest BCUT2D eigenvalue weighted by Crippen LogP contribution is 2.23. The first-order valence-electron chi connectivity index (χ1n) is 7.84. The molecule has 1 aliphatic heterocycles. The lowest BCUT2D eigenvalue weighted by atomic mass is 10.2. The Hall–Kier alpha value is -0.720. The summed E-state index contributed by atoms with van der Waals surface area (Å²) in [5.41, 5.74) is 2.06. The van der Waals surface area contributed by atoms with Gasteiger partial charge in [0.05, 0.1) is 28.8 Å². The van der Waals surface area contributed by atoms with Crippen molar-refractivity contribution in [3.8, 4) is 0 Å². The van der Waals surface area contributed by atoms with E-state index in [4.69, 9.17) is 0 Å². The van der Waals surface area contributed by atoms with Crippen LogP contribution in [0.1, 0.15) is 31.7 Å². The normalized spacial score (nSPS) is 16.9. The van der Waals surface area contributed by atoms with Crippen LogP contribution in [0.3, 0.4) is 0 Å². The monoisotopic (exact) mass is 356 g/mol. The minimum Gasteiger partial charge on any atom is -0.315 e. The van der Waals surface area contributed by atoms with Gasteiger partial charge < -0.3 is 5.32 Å². The van der Waals surface area contributed by atoms with E-state index in [2.05, 4.69) is 45.1 Å². The number of ketones is 1. The Bertz CT molecular complexity index is 478. The molecule has 1 aromatic heterocycles. The van der Waals surface area contributed by atoms with E-state index >= 15 is 0 Å². The molecule has 0 spiro atoms. The SMILES string of the molecule is CCc1nn(CC)c(CC(=O)CN2CCCNCC2)c1Br. The molecule has 1 N–H and O–H groups in total. The highest BCUT2D eigenvalue weighted by atomic mass is 79.9. The zero-order valence-corrected chi connectivity index (χ0v) is 14.6. The first-order valence-corrected chi connectivity index (χ1v) is 8.63. The summed E-state index contributed by atoms with van der Waals surface area (Å²) >= 11 is 3.61. The van der Waals surface area contributed by atoms with Crippen molar-refractivity contribution in [2.75, 3.05) is 32.7 Å². The maximum absolute atomic E-state index is 12.4. The summed E-state index contributed by atoms with van der Waals surface area (Å²) in [5, 5.41) is 7.92. The van der Waals surface area contributed by atoms with Gasteiger partial charge in [0.1, 0.15) is 0 Å². The smallest absolute Gasteiger partial charge is 0.152 e. The van der Waals surface area contributed by atoms with Gasteiger partial charge in [0.15, 0.2) is 5.78 Å². The molecule has 2 heterocycles. The average Bonchev–Trinajstić information content (AvgIpc) is 2.66. The number of carbonyl (C=O) groups excluding carboxylic acids is 1. The van der Waals surface area contributed by atoms with E-state index in [-0.39, 0.29) is 5.78 Å². The quantitative estimate of drug-likeness (QED) is 0.841. The average molecular weight is 357 g/mol. The number of rotatable bonds is 6. The molecule has 0 aromatic carbocycles. The van der Waals surface area contributed by atoms with Crippen molar-refractivity contribution >= 4 is 21.7 Å². The molecule has 0 unspecified atom stereocenters. The van der Waals surface area contributed by atoms with E-state index in [0.717, 1.165) is 61.4 Å². The van der Waals surface area contributed by atoms with Crippen molar-refractivity contribution < 1.29 is 4.79 Å². The summed E-state index contributed by atoms with van der Waals surface area (Å²) in [6.07, 6.45) is 2.46. The molecule has 0 radical (unpaired) electrons. The molecule has 2 rings (SSSR count). The third-order valence-corrected chi connectivity index (χ3v) is 4.81. The second-order valence-corrected chi connectivity index (χ2v) is 6.26. The molecule has 6 heteroatoms. The molecule has 5 nitrogen and oxygen atoms in total. The second-order valence-electron chi connectivity index (χ2n) is 5.47. The fraction of sp³-hybridized carbons (Fsp3) is 0.733. The summed E-state index contributed by atoms with van der Waals surface area (Å²) in [6.45, 7) is 9.49. The molecule has 21 heavy (non-hydrogen) atoms. The third kappa shape index (κ3) is 4.37. The van der Waals surface area contributed by atoms with Crippen LogP contribution in [0, 0.1) is 0 Å². The Kier molecular flexibility index (Phi) is 6.39. The highest BCUT2D eigenvalue weighted by molar-refractivity contribution is 9.10. The summed E-state index contributed by atoms with van der Waals surface area (Å²) < 4.78 is 2.96. The minimum absolute atomic E-state index is 0.273. The van der Waals surface area contributed by atoms with Crippen LogP contribution in [-0.2, 0) is 24.2 Å². The van der Waals surface area contributed by atoms with Crippen LogP contribution < -0.4 is 5.32 Å². The highest BCUT2D eigenvalue weighted by Gasteiger charge is 2.19. The molecular weight excluding hydrogens is 332 g/mol. The zero-order chi connectivity index (χ0) is 15.2. The van der Waals surface area contributed by atoms with Gasteiger partial charge in [0, 0.05) is 19.6 Å². The maximum atomic E-state index is 12.4. The Morgan fingerprint density at radius 3 is 2.86 bits per heavy atom. The molecule has 1 aromatic rings. The molecular formula is C15H25BrN4O. The number of nitrogens with one attached hydrogen (secondary N) is 1. The number of hydrogen-bond acceptors (Lipinski definition) is 4. The van der Waals surface area contributed by atoms with E-state index in [9.17, 15) is 4.79 Å². The van der Waals surface area contributed by atoms with Crippen LogP contribution >= 0.6 is 15.9 Å². The summed E-state index contributed by atoms with van der Waals surface area (Å²) in [4.78, 5) is 14.6. The van der Waals surface area contributed by atoms with Crippen LogP contribution in [0.25, 0.3) is 0 Å². The predicted octanol–water partition coefficient (Wildman–Crippen LogP) is 1.63. The van der Waals surface area contributed by atoms with Gasteiger partial charge in [-0.3, -0.25) is 14.4 Å². The Balaban J connectivity index is 2.00. The topological polar surface area (TPSA) is 50.2 Å². The van der Waals surface area contributed by atoms with Gasteiger partial charge in [-0.1, -0.05) is 6.92 Å². The van der Waals surface area contributed by atoms with Crippen LogP contribution in [0.15, 0.2) is 4.47 Å². The Morgan fingerprint density at radius 2 is 2.14 bits per heavy atom. The number of Topliss-reactive ketones (excluding diaryl/α,β-unsaturated/α-hetero) is 1. The molecule has 118 valence electrons. The second kappa shape index (κ2) is 8.06. The number of aryl methyl sites for hydroxylation is 2. The molecule has 0 bridgehead atoms. The van der Waals surface area contributed by atoms with Crippen molar-refractivity contribution in [3.63, 3.8) is 0 Å². The maximum Gasteiger partial charge on any atom is 0.152 e. The van der Waals surface area contributed by atoms with Crippen molar-refractivity contribution in [2.45, 2.75) is 39.7 Å². The first kappa shape index (κ1) is 16.6. The van der Waals surface area contributed by atoms with Crippen molar-refractivity contribution in [1.82, 2.24) is 20.0 Å². The summed E-state index contributed by atoms with van der Waals surface area (Å²) in [7, 11) is 0. The molecule has 1 fully saturated rings. The van der Waals surface area contributed by atoms with Gasteiger partial charge in [0.25, 0.3) is 0 Å². The lowest BCUT2D eigenvalue weighted by Gasteiger charge is -2.18. The van der Waals surface area contributed by atoms with Gasteiger partial charge in [-0.25, -0.2) is 0 Å². The molecule has 0 atom stereocenters. The molecule has 0 aliphatic carbocycles. The number of halogens is 1. The molecule has 1 saturated heterocycles. The number of nitrogens with zero attached hydrogens (tertiary/aromatic N) is 3. The van der Waals surface area contributed by atoms with Crippen molar-refractivity contribution in [3.05, 3.63) is 15.9 Å². The van der Waals surface area contributed by atoms with E-state index in [0.29, 0.717) is 13.0 Å². The fourth-order valence-corrected chi connectivity index (χ4v) is 3.44. The van der Waals surface area contributed by atoms with Gasteiger partial charge in [-0.15, -0.1) is 0 Å². The zero-order valence-electron chi connectivity index (χ0n) is 13.0. The van der Waals surface area contributed by atoms with Crippen LogP contribution in [0.2, 0.25) is 0 Å². The first-order chi connectivity index (χ1) is 10.2. The predicted molar refractivity (Wildman–Crippen MR) is 87.6 cm³/mol.